The number of anilines is 1. The molecule has 0 aliphatic carbocycles. The number of phenolic OH excluding ortho intramolecular Hbond substituents is 1. The van der Waals surface area contributed by atoms with Crippen LogP contribution in [-0.2, 0) is 6.18 Å². The standard InChI is InChI=1S/C14H9F3IN3O3/c15-14(16,17)9-2-3-11(12(6-9)21(23)24)20-19-7-8-1-4-13(22)10(18)5-8/h1-7,20,22H. The van der Waals surface area contributed by atoms with E-state index in [9.17, 15) is 28.4 Å². The second-order valence-corrected chi connectivity index (χ2v) is 5.73. The van der Waals surface area contributed by atoms with Gasteiger partial charge in [0.2, 0.25) is 0 Å². The van der Waals surface area contributed by atoms with Gasteiger partial charge in [-0.2, -0.15) is 18.3 Å². The molecule has 126 valence electrons. The van der Waals surface area contributed by atoms with Crippen LogP contribution in [0.5, 0.6) is 5.75 Å². The van der Waals surface area contributed by atoms with Crippen molar-refractivity contribution in [1.29, 1.82) is 0 Å². The van der Waals surface area contributed by atoms with Crippen LogP contribution < -0.4 is 5.43 Å². The van der Waals surface area contributed by atoms with Crippen molar-refractivity contribution in [3.8, 4) is 5.75 Å². The van der Waals surface area contributed by atoms with E-state index in [1.54, 1.807) is 12.1 Å². The first-order chi connectivity index (χ1) is 11.2. The zero-order valence-corrected chi connectivity index (χ0v) is 13.9. The number of nitro groups is 1. The number of rotatable bonds is 4. The van der Waals surface area contributed by atoms with E-state index in [1.165, 1.54) is 12.3 Å². The van der Waals surface area contributed by atoms with Gasteiger partial charge in [0.1, 0.15) is 11.4 Å². The summed E-state index contributed by atoms with van der Waals surface area (Å²) in [6.45, 7) is 0. The first-order valence-corrected chi connectivity index (χ1v) is 7.39. The number of hydrogen-bond donors (Lipinski definition) is 2. The molecule has 0 aliphatic rings. The van der Waals surface area contributed by atoms with Crippen molar-refractivity contribution in [3.63, 3.8) is 0 Å². The Kier molecular flexibility index (Phi) is 5.26. The number of nitrogens with zero attached hydrogens (tertiary/aromatic N) is 2. The number of aromatic hydroxyl groups is 1. The van der Waals surface area contributed by atoms with Crippen molar-refractivity contribution in [2.75, 3.05) is 5.43 Å². The third-order valence-corrected chi connectivity index (χ3v) is 3.76. The Morgan fingerprint density at radius 1 is 1.25 bits per heavy atom. The van der Waals surface area contributed by atoms with Crippen LogP contribution in [0.15, 0.2) is 41.5 Å². The van der Waals surface area contributed by atoms with Crippen LogP contribution in [0.3, 0.4) is 0 Å². The van der Waals surface area contributed by atoms with E-state index in [0.29, 0.717) is 15.2 Å². The molecule has 0 spiro atoms. The number of benzene rings is 2. The summed E-state index contributed by atoms with van der Waals surface area (Å²) in [6, 6.07) is 6.74. The molecule has 0 unspecified atom stereocenters. The van der Waals surface area contributed by atoms with Crippen molar-refractivity contribution in [2.24, 2.45) is 5.10 Å². The fourth-order valence-corrected chi connectivity index (χ4v) is 2.27. The smallest absolute Gasteiger partial charge is 0.416 e. The van der Waals surface area contributed by atoms with E-state index in [4.69, 9.17) is 0 Å². The van der Waals surface area contributed by atoms with Crippen LogP contribution in [0.25, 0.3) is 0 Å². The molecule has 2 aromatic carbocycles. The maximum absolute atomic E-state index is 12.6. The second kappa shape index (κ2) is 7.03. The zero-order chi connectivity index (χ0) is 17.9. The maximum atomic E-state index is 12.6. The number of halogens is 4. The minimum Gasteiger partial charge on any atom is -0.507 e. The Bertz CT molecular complexity index is 810. The molecule has 0 saturated heterocycles. The average molecular weight is 451 g/mol. The van der Waals surface area contributed by atoms with Gasteiger partial charge in [0.25, 0.3) is 5.69 Å². The van der Waals surface area contributed by atoms with Gasteiger partial charge in [-0.25, -0.2) is 0 Å². The van der Waals surface area contributed by atoms with E-state index in [2.05, 4.69) is 10.5 Å². The monoisotopic (exact) mass is 451 g/mol. The summed E-state index contributed by atoms with van der Waals surface area (Å²) in [7, 11) is 0. The van der Waals surface area contributed by atoms with Gasteiger partial charge < -0.3 is 5.11 Å². The van der Waals surface area contributed by atoms with Crippen molar-refractivity contribution in [1.82, 2.24) is 0 Å². The third-order valence-electron chi connectivity index (χ3n) is 2.89. The Hall–Kier alpha value is -2.37. The molecule has 2 N–H and O–H groups in total. The highest BCUT2D eigenvalue weighted by Gasteiger charge is 2.33. The highest BCUT2D eigenvalue weighted by atomic mass is 127. The first-order valence-electron chi connectivity index (χ1n) is 6.31. The minimum absolute atomic E-state index is 0.0964. The van der Waals surface area contributed by atoms with E-state index < -0.39 is 22.4 Å². The van der Waals surface area contributed by atoms with E-state index in [1.807, 2.05) is 22.6 Å². The summed E-state index contributed by atoms with van der Waals surface area (Å²) in [5.74, 6) is 0.0964. The summed E-state index contributed by atoms with van der Waals surface area (Å²) in [5.41, 5.74) is 0.931. The van der Waals surface area contributed by atoms with Crippen molar-refractivity contribution in [3.05, 3.63) is 61.2 Å². The van der Waals surface area contributed by atoms with Gasteiger partial charge in [-0.1, -0.05) is 0 Å². The maximum Gasteiger partial charge on any atom is 0.416 e. The van der Waals surface area contributed by atoms with Gasteiger partial charge in [-0.05, 0) is 58.5 Å². The minimum atomic E-state index is -4.67. The Morgan fingerprint density at radius 3 is 2.54 bits per heavy atom. The number of phenols is 1. The molecule has 2 rings (SSSR count). The molecule has 0 aromatic heterocycles. The van der Waals surface area contributed by atoms with E-state index >= 15 is 0 Å². The van der Waals surface area contributed by atoms with Crippen molar-refractivity contribution in [2.45, 2.75) is 6.18 Å². The van der Waals surface area contributed by atoms with Crippen molar-refractivity contribution >= 4 is 40.2 Å². The predicted octanol–water partition coefficient (Wildman–Crippen LogP) is 4.37. The van der Waals surface area contributed by atoms with Gasteiger partial charge in [-0.3, -0.25) is 15.5 Å². The van der Waals surface area contributed by atoms with Crippen LogP contribution in [0.4, 0.5) is 24.5 Å². The Balaban J connectivity index is 2.24. The largest absolute Gasteiger partial charge is 0.507 e. The lowest BCUT2D eigenvalue weighted by atomic mass is 10.1. The molecular formula is C14H9F3IN3O3. The number of hydrazone groups is 1. The van der Waals surface area contributed by atoms with Crippen LogP contribution in [-0.4, -0.2) is 16.2 Å². The summed E-state index contributed by atoms with van der Waals surface area (Å²) in [6.07, 6.45) is -3.35. The molecule has 6 nitrogen and oxygen atoms in total. The van der Waals surface area contributed by atoms with Gasteiger partial charge in [-0.15, -0.1) is 0 Å². The predicted molar refractivity (Wildman–Crippen MR) is 90.1 cm³/mol. The number of nitro benzene ring substituents is 1. The molecule has 0 fully saturated rings. The molecule has 0 saturated carbocycles. The Labute approximate surface area is 147 Å². The molecule has 0 amide bonds. The highest BCUT2D eigenvalue weighted by Crippen LogP contribution is 2.34. The molecule has 2 aromatic rings. The number of nitrogens with one attached hydrogen (secondary N) is 1. The molecule has 0 bridgehead atoms. The number of hydrogen-bond acceptors (Lipinski definition) is 5. The van der Waals surface area contributed by atoms with Crippen LogP contribution in [0.2, 0.25) is 0 Å². The molecule has 0 heterocycles. The summed E-state index contributed by atoms with van der Waals surface area (Å²) in [5, 5.41) is 24.1. The summed E-state index contributed by atoms with van der Waals surface area (Å²) >= 11 is 1.91. The molecule has 24 heavy (non-hydrogen) atoms. The lowest BCUT2D eigenvalue weighted by Crippen LogP contribution is -2.06. The van der Waals surface area contributed by atoms with Gasteiger partial charge in [0, 0.05) is 6.07 Å². The van der Waals surface area contributed by atoms with Crippen LogP contribution in [0.1, 0.15) is 11.1 Å². The third kappa shape index (κ3) is 4.34. The lowest BCUT2D eigenvalue weighted by molar-refractivity contribution is -0.384. The average Bonchev–Trinajstić information content (AvgIpc) is 2.50. The van der Waals surface area contributed by atoms with E-state index in [-0.39, 0.29) is 11.4 Å². The zero-order valence-electron chi connectivity index (χ0n) is 11.7. The molecule has 0 radical (unpaired) electrons. The van der Waals surface area contributed by atoms with Gasteiger partial charge in [0.05, 0.1) is 20.3 Å². The topological polar surface area (TPSA) is 87.8 Å². The van der Waals surface area contributed by atoms with Crippen LogP contribution >= 0.6 is 22.6 Å². The van der Waals surface area contributed by atoms with Crippen LogP contribution in [0, 0.1) is 13.7 Å². The highest BCUT2D eigenvalue weighted by molar-refractivity contribution is 14.1. The van der Waals surface area contributed by atoms with E-state index in [0.717, 1.165) is 12.1 Å². The fourth-order valence-electron chi connectivity index (χ4n) is 1.73. The van der Waals surface area contributed by atoms with Crippen molar-refractivity contribution < 1.29 is 23.2 Å². The van der Waals surface area contributed by atoms with Gasteiger partial charge in [0.15, 0.2) is 0 Å². The summed E-state index contributed by atoms with van der Waals surface area (Å²) in [4.78, 5) is 10.0. The second-order valence-electron chi connectivity index (χ2n) is 4.57. The number of alkyl halides is 3. The first kappa shape index (κ1) is 18.0. The quantitative estimate of drug-likeness (QED) is 0.313. The van der Waals surface area contributed by atoms with Gasteiger partial charge >= 0.3 is 6.18 Å². The molecule has 10 heteroatoms. The summed E-state index contributed by atoms with van der Waals surface area (Å²) < 4.78 is 38.4. The molecule has 0 atom stereocenters. The molecular weight excluding hydrogens is 442 g/mol. The lowest BCUT2D eigenvalue weighted by Gasteiger charge is -2.08. The molecule has 0 aliphatic heterocycles. The normalized spacial score (nSPS) is 11.7. The SMILES string of the molecule is O=[N+]([O-])c1cc(C(F)(F)F)ccc1NN=Cc1ccc(O)c(I)c1. The Morgan fingerprint density at radius 2 is 1.96 bits per heavy atom. The fraction of sp³-hybridized carbons (Fsp3) is 0.0714.